The zero-order valence-electron chi connectivity index (χ0n) is 14.7. The van der Waals surface area contributed by atoms with E-state index < -0.39 is 23.4 Å². The number of halogens is 2. The van der Waals surface area contributed by atoms with Gasteiger partial charge >= 0.3 is 5.97 Å². The molecule has 8 nitrogen and oxygen atoms in total. The summed E-state index contributed by atoms with van der Waals surface area (Å²) < 4.78 is 10.9. The van der Waals surface area contributed by atoms with Crippen LogP contribution < -0.4 is 10.1 Å². The highest BCUT2D eigenvalue weighted by atomic mass is 35.5. The molecule has 0 radical (unpaired) electrons. The van der Waals surface area contributed by atoms with E-state index in [1.807, 2.05) is 0 Å². The third kappa shape index (κ3) is 4.58. The quantitative estimate of drug-likeness (QED) is 0.321. The molecule has 1 heterocycles. The number of benzene rings is 2. The van der Waals surface area contributed by atoms with E-state index in [0.717, 1.165) is 22.1 Å². The molecule has 0 unspecified atom stereocenters. The number of hydrogen-bond donors (Lipinski definition) is 1. The summed E-state index contributed by atoms with van der Waals surface area (Å²) in [6.45, 7) is -0.656. The van der Waals surface area contributed by atoms with Crippen LogP contribution in [0.4, 0.5) is 11.4 Å². The topological polar surface area (TPSA) is 108 Å². The normalized spacial score (nSPS) is 10.6. The van der Waals surface area contributed by atoms with Crippen molar-refractivity contribution in [2.45, 2.75) is 0 Å². The van der Waals surface area contributed by atoms with Gasteiger partial charge < -0.3 is 14.8 Å². The van der Waals surface area contributed by atoms with Gasteiger partial charge in [0.25, 0.3) is 11.6 Å². The molecule has 0 fully saturated rings. The zero-order chi connectivity index (χ0) is 21.1. The average Bonchev–Trinajstić information content (AvgIpc) is 3.02. The molecule has 0 aliphatic rings. The van der Waals surface area contributed by atoms with Crippen molar-refractivity contribution in [2.24, 2.45) is 0 Å². The molecule has 0 aliphatic heterocycles. The third-order valence-corrected chi connectivity index (χ3v) is 5.66. The van der Waals surface area contributed by atoms with E-state index in [2.05, 4.69) is 5.32 Å². The van der Waals surface area contributed by atoms with Gasteiger partial charge in [0.2, 0.25) is 0 Å². The number of nitrogens with zero attached hydrogens (tertiary/aromatic N) is 1. The first-order valence-electron chi connectivity index (χ1n) is 7.97. The van der Waals surface area contributed by atoms with E-state index in [-0.39, 0.29) is 26.3 Å². The van der Waals surface area contributed by atoms with Gasteiger partial charge in [0, 0.05) is 21.2 Å². The maximum absolute atomic E-state index is 12.3. The van der Waals surface area contributed by atoms with E-state index in [9.17, 15) is 19.7 Å². The summed E-state index contributed by atoms with van der Waals surface area (Å²) in [5, 5.41) is 14.4. The van der Waals surface area contributed by atoms with E-state index in [4.69, 9.17) is 32.7 Å². The molecule has 2 aromatic carbocycles. The van der Waals surface area contributed by atoms with Crippen LogP contribution in [-0.4, -0.2) is 30.5 Å². The number of nitrogens with one attached hydrogen (secondary N) is 1. The molecule has 0 atom stereocenters. The maximum Gasteiger partial charge on any atom is 0.350 e. The van der Waals surface area contributed by atoms with Crippen molar-refractivity contribution < 1.29 is 24.0 Å². The van der Waals surface area contributed by atoms with Crippen LogP contribution in [0, 0.1) is 10.1 Å². The summed E-state index contributed by atoms with van der Waals surface area (Å²) in [6, 6.07) is 8.88. The lowest BCUT2D eigenvalue weighted by atomic mass is 10.2. The molecule has 0 saturated carbocycles. The summed E-state index contributed by atoms with van der Waals surface area (Å²) in [5.41, 5.74) is -0.439. The van der Waals surface area contributed by atoms with Gasteiger partial charge in [-0.05, 0) is 30.3 Å². The largest absolute Gasteiger partial charge is 0.497 e. The average molecular weight is 455 g/mol. The molecule has 29 heavy (non-hydrogen) atoms. The number of amides is 1. The number of hydrogen-bond acceptors (Lipinski definition) is 7. The number of fused-ring (bicyclic) bond motifs is 1. The summed E-state index contributed by atoms with van der Waals surface area (Å²) in [5.74, 6) is -0.939. The molecule has 1 aromatic heterocycles. The Kier molecular flexibility index (Phi) is 6.21. The Morgan fingerprint density at radius 3 is 2.66 bits per heavy atom. The van der Waals surface area contributed by atoms with Gasteiger partial charge in [0.05, 0.1) is 17.1 Å². The van der Waals surface area contributed by atoms with Crippen LogP contribution in [0.25, 0.3) is 10.1 Å². The fraction of sp³-hybridized carbons (Fsp3) is 0.111. The Labute approximate surface area is 178 Å². The molecule has 150 valence electrons. The number of rotatable bonds is 6. The number of anilines is 1. The van der Waals surface area contributed by atoms with Crippen LogP contribution >= 0.6 is 34.5 Å². The van der Waals surface area contributed by atoms with Crippen molar-refractivity contribution >= 4 is 67.9 Å². The van der Waals surface area contributed by atoms with E-state index in [0.29, 0.717) is 11.1 Å². The second-order valence-corrected chi connectivity index (χ2v) is 7.52. The van der Waals surface area contributed by atoms with Gasteiger partial charge in [0.15, 0.2) is 6.61 Å². The molecule has 1 N–H and O–H groups in total. The SMILES string of the molecule is COc1ccc2c(Cl)c(C(=O)OCC(=O)Nc3cc(Cl)ccc3[N+](=O)[O-])sc2c1. The first-order valence-corrected chi connectivity index (χ1v) is 9.54. The van der Waals surface area contributed by atoms with Crippen molar-refractivity contribution in [1.29, 1.82) is 0 Å². The van der Waals surface area contributed by atoms with E-state index >= 15 is 0 Å². The lowest BCUT2D eigenvalue weighted by Crippen LogP contribution is -2.21. The van der Waals surface area contributed by atoms with Gasteiger partial charge in [-0.25, -0.2) is 4.79 Å². The molecular formula is C18H12Cl2N2O6S. The highest BCUT2D eigenvalue weighted by molar-refractivity contribution is 7.21. The van der Waals surface area contributed by atoms with Crippen molar-refractivity contribution in [3.63, 3.8) is 0 Å². The Morgan fingerprint density at radius 1 is 1.21 bits per heavy atom. The summed E-state index contributed by atoms with van der Waals surface area (Å²) in [4.78, 5) is 34.9. The number of esters is 1. The van der Waals surface area contributed by atoms with E-state index in [1.165, 1.54) is 19.2 Å². The van der Waals surface area contributed by atoms with Gasteiger partial charge in [0.1, 0.15) is 16.3 Å². The Balaban J connectivity index is 1.70. The fourth-order valence-electron chi connectivity index (χ4n) is 2.45. The first-order chi connectivity index (χ1) is 13.8. The minimum atomic E-state index is -0.786. The standard InChI is InChI=1S/C18H12Cl2N2O6S/c1-27-10-3-4-11-14(7-10)29-17(16(11)20)18(24)28-8-15(23)21-12-6-9(19)2-5-13(12)22(25)26/h2-7H,8H2,1H3,(H,21,23). The molecule has 3 rings (SSSR count). The highest BCUT2D eigenvalue weighted by Crippen LogP contribution is 2.37. The smallest absolute Gasteiger partial charge is 0.350 e. The lowest BCUT2D eigenvalue weighted by molar-refractivity contribution is -0.383. The predicted molar refractivity (Wildman–Crippen MR) is 110 cm³/mol. The number of thiophene rings is 1. The summed E-state index contributed by atoms with van der Waals surface area (Å²) in [6.07, 6.45) is 0. The highest BCUT2D eigenvalue weighted by Gasteiger charge is 2.21. The van der Waals surface area contributed by atoms with Crippen molar-refractivity contribution in [3.05, 3.63) is 61.4 Å². The van der Waals surface area contributed by atoms with Crippen molar-refractivity contribution in [2.75, 3.05) is 19.0 Å². The van der Waals surface area contributed by atoms with Crippen LogP contribution in [0.3, 0.4) is 0 Å². The predicted octanol–water partition coefficient (Wildman–Crippen LogP) is 4.92. The summed E-state index contributed by atoms with van der Waals surface area (Å²) >= 11 is 13.2. The molecule has 11 heteroatoms. The molecule has 3 aromatic rings. The lowest BCUT2D eigenvalue weighted by Gasteiger charge is -2.07. The Bertz CT molecular complexity index is 1130. The van der Waals surface area contributed by atoms with Gasteiger partial charge in [-0.3, -0.25) is 14.9 Å². The summed E-state index contributed by atoms with van der Waals surface area (Å²) in [7, 11) is 1.52. The van der Waals surface area contributed by atoms with Crippen LogP contribution in [0.5, 0.6) is 5.75 Å². The Hall–Kier alpha value is -2.88. The molecule has 0 spiro atoms. The number of nitro groups is 1. The van der Waals surface area contributed by atoms with Gasteiger partial charge in [-0.1, -0.05) is 23.2 Å². The van der Waals surface area contributed by atoms with Crippen molar-refractivity contribution in [1.82, 2.24) is 0 Å². The number of carbonyl (C=O) groups excluding carboxylic acids is 2. The molecule has 0 saturated heterocycles. The second kappa shape index (κ2) is 8.64. The van der Waals surface area contributed by atoms with Crippen LogP contribution in [0.15, 0.2) is 36.4 Å². The minimum absolute atomic E-state index is 0.101. The van der Waals surface area contributed by atoms with Crippen LogP contribution in [-0.2, 0) is 9.53 Å². The number of carbonyl (C=O) groups is 2. The molecule has 0 aliphatic carbocycles. The number of ether oxygens (including phenoxy) is 2. The van der Waals surface area contributed by atoms with E-state index in [1.54, 1.807) is 18.2 Å². The molecular weight excluding hydrogens is 443 g/mol. The monoisotopic (exact) mass is 454 g/mol. The number of nitro benzene ring substituents is 1. The first kappa shape index (κ1) is 20.8. The molecule has 1 amide bonds. The Morgan fingerprint density at radius 2 is 1.97 bits per heavy atom. The zero-order valence-corrected chi connectivity index (χ0v) is 17.1. The second-order valence-electron chi connectivity index (χ2n) is 5.65. The van der Waals surface area contributed by atoms with Gasteiger partial charge in [-0.2, -0.15) is 0 Å². The van der Waals surface area contributed by atoms with Gasteiger partial charge in [-0.15, -0.1) is 11.3 Å². The minimum Gasteiger partial charge on any atom is -0.497 e. The van der Waals surface area contributed by atoms with Crippen LogP contribution in [0.1, 0.15) is 9.67 Å². The third-order valence-electron chi connectivity index (χ3n) is 3.79. The van der Waals surface area contributed by atoms with Crippen LogP contribution in [0.2, 0.25) is 10.0 Å². The maximum atomic E-state index is 12.3. The fourth-order valence-corrected chi connectivity index (χ4v) is 4.06. The van der Waals surface area contributed by atoms with Crippen molar-refractivity contribution in [3.8, 4) is 5.75 Å². The number of methoxy groups -OCH3 is 1. The molecule has 0 bridgehead atoms.